The predicted octanol–water partition coefficient (Wildman–Crippen LogP) is 4.05. The molecule has 0 spiro atoms. The van der Waals surface area contributed by atoms with E-state index < -0.39 is 6.04 Å². The van der Waals surface area contributed by atoms with Gasteiger partial charge in [-0.1, -0.05) is 60.7 Å². The second-order valence-corrected chi connectivity index (χ2v) is 9.61. The van der Waals surface area contributed by atoms with Gasteiger partial charge >= 0.3 is 0 Å². The van der Waals surface area contributed by atoms with Crippen molar-refractivity contribution in [1.29, 1.82) is 0 Å². The van der Waals surface area contributed by atoms with E-state index in [1.165, 1.54) is 11.1 Å². The Morgan fingerprint density at radius 2 is 1.56 bits per heavy atom. The number of hydrogen-bond donors (Lipinski definition) is 2. The first kappa shape index (κ1) is 22.4. The van der Waals surface area contributed by atoms with Crippen LogP contribution in [-0.2, 0) is 4.79 Å². The van der Waals surface area contributed by atoms with Crippen molar-refractivity contribution >= 4 is 11.8 Å². The van der Waals surface area contributed by atoms with Crippen LogP contribution in [0, 0.1) is 0 Å². The van der Waals surface area contributed by atoms with Crippen molar-refractivity contribution in [2.24, 2.45) is 5.73 Å². The minimum Gasteiger partial charge on any atom is -0.353 e. The van der Waals surface area contributed by atoms with Gasteiger partial charge < -0.3 is 20.5 Å². The first-order chi connectivity index (χ1) is 16.5. The van der Waals surface area contributed by atoms with Crippen molar-refractivity contribution in [3.05, 3.63) is 95.3 Å². The zero-order chi connectivity index (χ0) is 23.7. The fourth-order valence-electron chi connectivity index (χ4n) is 5.39. The van der Waals surface area contributed by atoms with Crippen LogP contribution in [-0.4, -0.2) is 52.3 Å². The zero-order valence-corrected chi connectivity index (χ0v) is 19.6. The van der Waals surface area contributed by atoms with Gasteiger partial charge in [-0.2, -0.15) is 0 Å². The Hall–Kier alpha value is -3.38. The normalized spacial score (nSPS) is 23.3. The second-order valence-electron chi connectivity index (χ2n) is 9.61. The van der Waals surface area contributed by atoms with Crippen molar-refractivity contribution in [3.8, 4) is 0 Å². The smallest absolute Gasteiger partial charge is 0.270 e. The van der Waals surface area contributed by atoms with Crippen molar-refractivity contribution in [1.82, 2.24) is 14.8 Å². The number of amides is 2. The largest absolute Gasteiger partial charge is 0.353 e. The van der Waals surface area contributed by atoms with Gasteiger partial charge in [-0.15, -0.1) is 0 Å². The summed E-state index contributed by atoms with van der Waals surface area (Å²) in [6.07, 6.45) is 1.59. The first-order valence-corrected chi connectivity index (χ1v) is 12.2. The molecule has 0 aliphatic carbocycles. The molecule has 2 saturated heterocycles. The number of nitrogens with two attached hydrogens (primary N) is 1. The third-order valence-corrected chi connectivity index (χ3v) is 7.32. The number of nitrogens with zero attached hydrogens (tertiary/aromatic N) is 2. The SMILES string of the molecule is C[C@H](N)c1ccc(C(=O)N2C[C@@H](c3ccccc3)C[C@H]2C(=O)N2CC[C@H](c3ccccc3)C2)[nH]1. The summed E-state index contributed by atoms with van der Waals surface area (Å²) in [4.78, 5) is 34.2. The van der Waals surface area contributed by atoms with Crippen LogP contribution in [0.3, 0.4) is 0 Å². The number of carbonyl (C=O) groups is 2. The molecular formula is C28H32N4O2. The maximum Gasteiger partial charge on any atom is 0.270 e. The number of rotatable bonds is 5. The summed E-state index contributed by atoms with van der Waals surface area (Å²) in [6.45, 7) is 3.84. The average Bonchev–Trinajstić information content (AvgIpc) is 3.64. The summed E-state index contributed by atoms with van der Waals surface area (Å²) >= 11 is 0. The molecule has 34 heavy (non-hydrogen) atoms. The van der Waals surface area contributed by atoms with Gasteiger partial charge in [0.1, 0.15) is 11.7 Å². The molecule has 4 atom stereocenters. The van der Waals surface area contributed by atoms with E-state index in [1.54, 1.807) is 11.0 Å². The minimum atomic E-state index is -0.464. The van der Waals surface area contributed by atoms with Gasteiger partial charge in [-0.05, 0) is 43.0 Å². The first-order valence-electron chi connectivity index (χ1n) is 12.2. The Labute approximate surface area is 200 Å². The maximum absolute atomic E-state index is 13.8. The van der Waals surface area contributed by atoms with Crippen molar-refractivity contribution in [3.63, 3.8) is 0 Å². The third-order valence-electron chi connectivity index (χ3n) is 7.32. The summed E-state index contributed by atoms with van der Waals surface area (Å²) < 4.78 is 0. The molecule has 2 aliphatic rings. The van der Waals surface area contributed by atoms with Gasteiger partial charge in [0.15, 0.2) is 0 Å². The van der Waals surface area contributed by atoms with Gasteiger partial charge in [0.25, 0.3) is 5.91 Å². The lowest BCUT2D eigenvalue weighted by atomic mass is 9.96. The average molecular weight is 457 g/mol. The molecule has 3 aromatic rings. The van der Waals surface area contributed by atoms with Gasteiger partial charge in [-0.3, -0.25) is 9.59 Å². The van der Waals surface area contributed by atoms with Crippen LogP contribution in [0.2, 0.25) is 0 Å². The molecule has 2 amide bonds. The second kappa shape index (κ2) is 9.47. The molecule has 3 heterocycles. The van der Waals surface area contributed by atoms with E-state index in [9.17, 15) is 9.59 Å². The highest BCUT2D eigenvalue weighted by Gasteiger charge is 2.43. The van der Waals surface area contributed by atoms with Crippen molar-refractivity contribution < 1.29 is 9.59 Å². The molecule has 0 saturated carbocycles. The van der Waals surface area contributed by atoms with E-state index in [0.29, 0.717) is 31.1 Å². The molecular weight excluding hydrogens is 424 g/mol. The fourth-order valence-corrected chi connectivity index (χ4v) is 5.39. The highest BCUT2D eigenvalue weighted by atomic mass is 16.2. The van der Waals surface area contributed by atoms with Gasteiger partial charge in [-0.25, -0.2) is 0 Å². The minimum absolute atomic E-state index is 0.0594. The van der Waals surface area contributed by atoms with Crippen LogP contribution in [0.4, 0.5) is 0 Å². The topological polar surface area (TPSA) is 82.4 Å². The van der Waals surface area contributed by atoms with E-state index in [0.717, 1.165) is 18.7 Å². The molecule has 3 N–H and O–H groups in total. The quantitative estimate of drug-likeness (QED) is 0.608. The van der Waals surface area contributed by atoms with Crippen LogP contribution < -0.4 is 5.73 Å². The van der Waals surface area contributed by atoms with Crippen LogP contribution in [0.15, 0.2) is 72.8 Å². The number of aromatic amines is 1. The van der Waals surface area contributed by atoms with E-state index >= 15 is 0 Å². The standard InChI is InChI=1S/C28H32N4O2/c1-19(29)24-12-13-25(30-24)27(33)32-18-23(21-10-6-3-7-11-21)16-26(32)28(34)31-15-14-22(17-31)20-8-4-2-5-9-20/h2-13,19,22-23,26,30H,14-18,29H2,1H3/t19-,22-,23-,26-/m0/s1. The third kappa shape index (κ3) is 4.38. The molecule has 2 fully saturated rings. The molecule has 6 heteroatoms. The van der Waals surface area contributed by atoms with Crippen LogP contribution in [0.25, 0.3) is 0 Å². The lowest BCUT2D eigenvalue weighted by Gasteiger charge is -2.27. The molecule has 6 nitrogen and oxygen atoms in total. The number of benzene rings is 2. The van der Waals surface area contributed by atoms with E-state index in [1.807, 2.05) is 42.2 Å². The van der Waals surface area contributed by atoms with Gasteiger partial charge in [0.05, 0.1) is 0 Å². The van der Waals surface area contributed by atoms with Crippen LogP contribution >= 0.6 is 0 Å². The molecule has 0 bridgehead atoms. The zero-order valence-electron chi connectivity index (χ0n) is 19.6. The summed E-state index contributed by atoms with van der Waals surface area (Å²) in [5.74, 6) is 0.402. The highest BCUT2D eigenvalue weighted by molar-refractivity contribution is 5.97. The molecule has 2 aromatic carbocycles. The van der Waals surface area contributed by atoms with Crippen LogP contribution in [0.5, 0.6) is 0 Å². The lowest BCUT2D eigenvalue weighted by Crippen LogP contribution is -2.47. The lowest BCUT2D eigenvalue weighted by molar-refractivity contribution is -0.134. The molecule has 176 valence electrons. The molecule has 0 radical (unpaired) electrons. The maximum atomic E-state index is 13.8. The van der Waals surface area contributed by atoms with Crippen LogP contribution in [0.1, 0.15) is 65.0 Å². The number of likely N-dealkylation sites (tertiary alicyclic amines) is 2. The molecule has 0 unspecified atom stereocenters. The van der Waals surface area contributed by atoms with Gasteiger partial charge in [0.2, 0.25) is 5.91 Å². The van der Waals surface area contributed by atoms with E-state index in [4.69, 9.17) is 5.73 Å². The highest BCUT2D eigenvalue weighted by Crippen LogP contribution is 2.35. The number of H-pyrrole nitrogens is 1. The Bertz CT molecular complexity index is 1140. The molecule has 5 rings (SSSR count). The fraction of sp³-hybridized carbons (Fsp3) is 0.357. The van der Waals surface area contributed by atoms with E-state index in [2.05, 4.69) is 41.4 Å². The molecule has 1 aromatic heterocycles. The Morgan fingerprint density at radius 3 is 2.18 bits per heavy atom. The van der Waals surface area contributed by atoms with Crippen molar-refractivity contribution in [2.75, 3.05) is 19.6 Å². The number of nitrogens with one attached hydrogen (secondary N) is 1. The molecule has 2 aliphatic heterocycles. The van der Waals surface area contributed by atoms with Crippen molar-refractivity contribution in [2.45, 2.75) is 43.7 Å². The summed E-state index contributed by atoms with van der Waals surface area (Å²) in [7, 11) is 0. The summed E-state index contributed by atoms with van der Waals surface area (Å²) in [5.41, 5.74) is 9.73. The monoisotopic (exact) mass is 456 g/mol. The summed E-state index contributed by atoms with van der Waals surface area (Å²) in [5, 5.41) is 0. The summed E-state index contributed by atoms with van der Waals surface area (Å²) in [6, 6.07) is 23.6. The Balaban J connectivity index is 1.38. The Kier molecular flexibility index (Phi) is 6.24. The Morgan fingerprint density at radius 1 is 0.912 bits per heavy atom. The predicted molar refractivity (Wildman–Crippen MR) is 132 cm³/mol. The number of aromatic nitrogens is 1. The number of carbonyl (C=O) groups excluding carboxylic acids is 2. The number of hydrogen-bond acceptors (Lipinski definition) is 3. The van der Waals surface area contributed by atoms with Gasteiger partial charge in [0, 0.05) is 43.2 Å². The van der Waals surface area contributed by atoms with E-state index in [-0.39, 0.29) is 23.8 Å².